The summed E-state index contributed by atoms with van der Waals surface area (Å²) in [5, 5.41) is 11.6. The normalized spacial score (nSPS) is 19.3. The highest BCUT2D eigenvalue weighted by Crippen LogP contribution is 2.43. The molecule has 1 saturated heterocycles. The molecule has 0 bridgehead atoms. The summed E-state index contributed by atoms with van der Waals surface area (Å²) in [7, 11) is 0. The third-order valence-corrected chi connectivity index (χ3v) is 7.13. The van der Waals surface area contributed by atoms with E-state index >= 15 is 0 Å². The zero-order valence-electron chi connectivity index (χ0n) is 22.8. The molecule has 40 heavy (non-hydrogen) atoms. The van der Waals surface area contributed by atoms with Crippen LogP contribution in [-0.4, -0.2) is 47.6 Å². The lowest BCUT2D eigenvalue weighted by molar-refractivity contribution is -0.139. The highest BCUT2D eigenvalue weighted by atomic mass is 16.5. The quantitative estimate of drug-likeness (QED) is 0.155. The van der Waals surface area contributed by atoms with Crippen LogP contribution in [0.25, 0.3) is 5.76 Å². The van der Waals surface area contributed by atoms with E-state index < -0.39 is 17.7 Å². The molecule has 7 heteroatoms. The average molecular weight is 540 g/mol. The number of aliphatic hydroxyl groups is 1. The topological polar surface area (TPSA) is 85.3 Å². The fraction of sp³-hybridized carbons (Fsp3) is 0.273. The smallest absolute Gasteiger partial charge is 0.295 e. The Kier molecular flexibility index (Phi) is 7.91. The number of ketones is 1. The predicted octanol–water partition coefficient (Wildman–Crippen LogP) is 5.64. The zero-order valence-corrected chi connectivity index (χ0v) is 22.8. The number of Topliss-reactive ketones (excluding diaryl/α,β-unsaturated/α-hetero) is 1. The van der Waals surface area contributed by atoms with Crippen molar-refractivity contribution in [3.63, 3.8) is 0 Å². The van der Waals surface area contributed by atoms with Crippen molar-refractivity contribution < 1.29 is 28.9 Å². The Balaban J connectivity index is 1.60. The van der Waals surface area contributed by atoms with Crippen molar-refractivity contribution in [3.05, 3.63) is 107 Å². The fourth-order valence-electron chi connectivity index (χ4n) is 5.31. The highest BCUT2D eigenvalue weighted by Gasteiger charge is 2.46. The summed E-state index contributed by atoms with van der Waals surface area (Å²) in [6.07, 6.45) is 2.94. The number of amides is 1. The van der Waals surface area contributed by atoms with Gasteiger partial charge in [-0.25, -0.2) is 0 Å². The van der Waals surface area contributed by atoms with Crippen molar-refractivity contribution in [2.24, 2.45) is 0 Å². The lowest BCUT2D eigenvalue weighted by Crippen LogP contribution is -2.31. The summed E-state index contributed by atoms with van der Waals surface area (Å²) < 4.78 is 17.4. The maximum absolute atomic E-state index is 13.5. The molecule has 2 aliphatic heterocycles. The minimum Gasteiger partial charge on any atom is -0.507 e. The molecule has 0 saturated carbocycles. The van der Waals surface area contributed by atoms with E-state index in [0.29, 0.717) is 55.2 Å². The van der Waals surface area contributed by atoms with Crippen molar-refractivity contribution in [2.75, 3.05) is 19.8 Å². The number of fused-ring (bicyclic) bond motifs is 1. The van der Waals surface area contributed by atoms with Gasteiger partial charge in [-0.15, -0.1) is 0 Å². The molecule has 2 atom stereocenters. The largest absolute Gasteiger partial charge is 0.507 e. The van der Waals surface area contributed by atoms with Crippen LogP contribution in [0, 0.1) is 0 Å². The average Bonchev–Trinajstić information content (AvgIpc) is 3.46. The molecule has 0 radical (unpaired) electrons. The van der Waals surface area contributed by atoms with Gasteiger partial charge in [-0.05, 0) is 67.3 Å². The Hall–Kier alpha value is -4.52. The molecule has 1 N–H and O–H groups in total. The maximum Gasteiger partial charge on any atom is 0.295 e. The van der Waals surface area contributed by atoms with E-state index in [4.69, 9.17) is 14.2 Å². The fourth-order valence-corrected chi connectivity index (χ4v) is 5.31. The Morgan fingerprint density at radius 2 is 1.88 bits per heavy atom. The van der Waals surface area contributed by atoms with Gasteiger partial charge in [0, 0.05) is 18.5 Å². The van der Waals surface area contributed by atoms with Crippen molar-refractivity contribution >= 4 is 17.4 Å². The van der Waals surface area contributed by atoms with Crippen LogP contribution in [0.1, 0.15) is 42.1 Å². The van der Waals surface area contributed by atoms with Gasteiger partial charge in [0.1, 0.15) is 24.2 Å². The van der Waals surface area contributed by atoms with Gasteiger partial charge in [-0.2, -0.15) is 0 Å². The summed E-state index contributed by atoms with van der Waals surface area (Å²) in [4.78, 5) is 28.5. The van der Waals surface area contributed by atoms with E-state index in [-0.39, 0.29) is 17.4 Å². The molecule has 3 aromatic carbocycles. The highest BCUT2D eigenvalue weighted by molar-refractivity contribution is 6.46. The Morgan fingerprint density at radius 3 is 2.62 bits per heavy atom. The van der Waals surface area contributed by atoms with Crippen LogP contribution in [0.2, 0.25) is 0 Å². The molecule has 1 amide bonds. The standard InChI is InChI=1S/C33H33NO6/c1-4-17-39-27-14-11-23(20-28(27)38-5-2)30-29(31(35)24-12-13-26-25(19-24)18-21(3)40-26)32(36)33(37)34(30)16-15-22-9-7-6-8-10-22/h4,6-14,19-21,30,35H,1,5,15-18H2,2-3H3/b31-29+/t21-,30-/m1/s1. The molecule has 206 valence electrons. The summed E-state index contributed by atoms with van der Waals surface area (Å²) in [5.41, 5.74) is 3.15. The second-order valence-electron chi connectivity index (χ2n) is 9.92. The van der Waals surface area contributed by atoms with Crippen LogP contribution in [0.15, 0.2) is 85.0 Å². The molecule has 5 rings (SSSR count). The van der Waals surface area contributed by atoms with Crippen LogP contribution < -0.4 is 14.2 Å². The SMILES string of the molecule is C=CCOc1ccc([C@@H]2/C(=C(\O)c3ccc4c(c3)C[C@@H](C)O4)C(=O)C(=O)N2CCc2ccccc2)cc1OCC. The molecular weight excluding hydrogens is 506 g/mol. The van der Waals surface area contributed by atoms with Crippen molar-refractivity contribution in [1.82, 2.24) is 4.90 Å². The lowest BCUT2D eigenvalue weighted by Gasteiger charge is -2.26. The van der Waals surface area contributed by atoms with Crippen LogP contribution in [0.4, 0.5) is 0 Å². The van der Waals surface area contributed by atoms with Crippen LogP contribution >= 0.6 is 0 Å². The Labute approximate surface area is 234 Å². The second-order valence-corrected chi connectivity index (χ2v) is 9.92. The van der Waals surface area contributed by atoms with Gasteiger partial charge in [-0.1, -0.05) is 49.1 Å². The maximum atomic E-state index is 13.5. The molecule has 0 spiro atoms. The van der Waals surface area contributed by atoms with Crippen molar-refractivity contribution in [3.8, 4) is 17.2 Å². The molecule has 2 heterocycles. The number of aliphatic hydroxyl groups excluding tert-OH is 1. The summed E-state index contributed by atoms with van der Waals surface area (Å²) in [6, 6.07) is 19.7. The zero-order chi connectivity index (χ0) is 28.2. The lowest BCUT2D eigenvalue weighted by atomic mass is 9.94. The molecule has 0 aliphatic carbocycles. The van der Waals surface area contributed by atoms with E-state index in [1.54, 1.807) is 36.4 Å². The Bertz CT molecular complexity index is 1460. The first-order chi connectivity index (χ1) is 19.4. The first kappa shape index (κ1) is 27.1. The Morgan fingerprint density at radius 1 is 1.07 bits per heavy atom. The van der Waals surface area contributed by atoms with Gasteiger partial charge in [0.15, 0.2) is 11.5 Å². The van der Waals surface area contributed by atoms with Crippen LogP contribution in [0.5, 0.6) is 17.2 Å². The number of benzene rings is 3. The monoisotopic (exact) mass is 539 g/mol. The van der Waals surface area contributed by atoms with Crippen molar-refractivity contribution in [2.45, 2.75) is 38.8 Å². The van der Waals surface area contributed by atoms with E-state index in [9.17, 15) is 14.7 Å². The van der Waals surface area contributed by atoms with E-state index in [1.807, 2.05) is 50.2 Å². The summed E-state index contributed by atoms with van der Waals surface area (Å²) >= 11 is 0. The van der Waals surface area contributed by atoms with Gasteiger partial charge in [0.25, 0.3) is 11.7 Å². The first-order valence-electron chi connectivity index (χ1n) is 13.5. The van der Waals surface area contributed by atoms with Crippen LogP contribution in [-0.2, 0) is 22.4 Å². The molecular formula is C33H33NO6. The number of carbonyl (C=O) groups is 2. The molecule has 0 aromatic heterocycles. The molecule has 2 aliphatic rings. The molecule has 7 nitrogen and oxygen atoms in total. The second kappa shape index (κ2) is 11.7. The van der Waals surface area contributed by atoms with E-state index in [2.05, 4.69) is 6.58 Å². The summed E-state index contributed by atoms with van der Waals surface area (Å²) in [6.45, 7) is 8.55. The van der Waals surface area contributed by atoms with Gasteiger partial charge in [0.05, 0.1) is 18.2 Å². The minimum absolute atomic E-state index is 0.0368. The van der Waals surface area contributed by atoms with Gasteiger partial charge >= 0.3 is 0 Å². The molecule has 3 aromatic rings. The van der Waals surface area contributed by atoms with E-state index in [0.717, 1.165) is 16.9 Å². The number of carbonyl (C=O) groups excluding carboxylic acids is 2. The van der Waals surface area contributed by atoms with Crippen molar-refractivity contribution in [1.29, 1.82) is 0 Å². The number of hydrogen-bond acceptors (Lipinski definition) is 6. The number of rotatable bonds is 10. The molecule has 0 unspecified atom stereocenters. The van der Waals surface area contributed by atoms with Gasteiger partial charge in [0.2, 0.25) is 0 Å². The minimum atomic E-state index is -0.806. The van der Waals surface area contributed by atoms with E-state index in [1.165, 1.54) is 4.90 Å². The predicted molar refractivity (Wildman–Crippen MR) is 153 cm³/mol. The number of hydrogen-bond donors (Lipinski definition) is 1. The summed E-state index contributed by atoms with van der Waals surface area (Å²) in [5.74, 6) is 0.202. The van der Waals surface area contributed by atoms with Gasteiger partial charge in [-0.3, -0.25) is 9.59 Å². The van der Waals surface area contributed by atoms with Gasteiger partial charge < -0.3 is 24.2 Å². The molecule has 1 fully saturated rings. The third-order valence-electron chi connectivity index (χ3n) is 7.13. The third kappa shape index (κ3) is 5.32. The number of nitrogens with zero attached hydrogens (tertiary/aromatic N) is 1. The number of ether oxygens (including phenoxy) is 3. The first-order valence-corrected chi connectivity index (χ1v) is 13.5. The number of likely N-dealkylation sites (tertiary alicyclic amines) is 1. The van der Waals surface area contributed by atoms with Crippen LogP contribution in [0.3, 0.4) is 0 Å².